The Morgan fingerprint density at radius 1 is 1.11 bits per heavy atom. The fourth-order valence-electron chi connectivity index (χ4n) is 3.80. The summed E-state index contributed by atoms with van der Waals surface area (Å²) in [6, 6.07) is 18.3. The molecule has 37 heavy (non-hydrogen) atoms. The first-order chi connectivity index (χ1) is 17.9. The predicted molar refractivity (Wildman–Crippen MR) is 146 cm³/mol. The van der Waals surface area contributed by atoms with Gasteiger partial charge < -0.3 is 14.2 Å². The molecule has 0 bridgehead atoms. The van der Waals surface area contributed by atoms with E-state index in [0.717, 1.165) is 10.0 Å². The van der Waals surface area contributed by atoms with Crippen LogP contribution in [0.25, 0.3) is 10.9 Å². The number of aromatic nitrogens is 2. The number of hydrogen-bond donors (Lipinski definition) is 0. The number of methoxy groups -OCH3 is 2. The van der Waals surface area contributed by atoms with Crippen molar-refractivity contribution in [2.45, 2.75) is 26.4 Å². The van der Waals surface area contributed by atoms with Gasteiger partial charge in [-0.3, -0.25) is 4.79 Å². The zero-order valence-electron chi connectivity index (χ0n) is 20.9. The van der Waals surface area contributed by atoms with Crippen LogP contribution in [0.4, 0.5) is 0 Å². The van der Waals surface area contributed by atoms with Crippen LogP contribution in [0.3, 0.4) is 0 Å². The molecule has 0 atom stereocenters. The zero-order chi connectivity index (χ0) is 26.5. The Kier molecular flexibility index (Phi) is 7.89. The van der Waals surface area contributed by atoms with Crippen LogP contribution in [0.15, 0.2) is 69.0 Å². The Morgan fingerprint density at radius 2 is 1.81 bits per heavy atom. The molecule has 0 radical (unpaired) electrons. The van der Waals surface area contributed by atoms with Gasteiger partial charge in [0.25, 0.3) is 5.56 Å². The van der Waals surface area contributed by atoms with Gasteiger partial charge in [0.1, 0.15) is 12.4 Å². The van der Waals surface area contributed by atoms with Crippen LogP contribution in [0, 0.1) is 11.3 Å². The Hall–Kier alpha value is -4.16. The molecular weight excluding hydrogens is 536 g/mol. The molecule has 188 valence electrons. The molecule has 0 unspecified atom stereocenters. The van der Waals surface area contributed by atoms with Crippen molar-refractivity contribution in [2.24, 2.45) is 5.10 Å². The van der Waals surface area contributed by atoms with E-state index in [9.17, 15) is 10.1 Å². The van der Waals surface area contributed by atoms with Crippen molar-refractivity contribution in [3.8, 4) is 23.3 Å². The van der Waals surface area contributed by atoms with Gasteiger partial charge in [-0.15, -0.1) is 0 Å². The molecule has 3 aromatic carbocycles. The molecule has 0 saturated heterocycles. The van der Waals surface area contributed by atoms with Crippen LogP contribution < -0.4 is 19.8 Å². The summed E-state index contributed by atoms with van der Waals surface area (Å²) in [5, 5.41) is 14.3. The summed E-state index contributed by atoms with van der Waals surface area (Å²) in [4.78, 5) is 18.0. The molecule has 8 nitrogen and oxygen atoms in total. The highest BCUT2D eigenvalue weighted by molar-refractivity contribution is 9.10. The molecule has 1 heterocycles. The SMILES string of the molecule is COc1cc(C=Nn2c(C(C)C)nc3ccc(Br)cc3c2=O)cc(OC)c1OCc1ccccc1C#N. The highest BCUT2D eigenvalue weighted by Crippen LogP contribution is 2.39. The lowest BCUT2D eigenvalue weighted by Crippen LogP contribution is -2.23. The maximum atomic E-state index is 13.3. The summed E-state index contributed by atoms with van der Waals surface area (Å²) in [5.41, 5.74) is 2.27. The van der Waals surface area contributed by atoms with Gasteiger partial charge in [-0.1, -0.05) is 48.0 Å². The Bertz CT molecular complexity index is 1560. The van der Waals surface area contributed by atoms with Gasteiger partial charge in [0.15, 0.2) is 11.5 Å². The minimum Gasteiger partial charge on any atom is -0.493 e. The third-order valence-corrected chi connectivity index (χ3v) is 6.16. The summed E-state index contributed by atoms with van der Waals surface area (Å²) in [6.07, 6.45) is 1.55. The number of ether oxygens (including phenoxy) is 3. The van der Waals surface area contributed by atoms with Gasteiger partial charge >= 0.3 is 0 Å². The molecule has 0 fully saturated rings. The molecule has 4 aromatic rings. The topological polar surface area (TPSA) is 98.7 Å². The highest BCUT2D eigenvalue weighted by Gasteiger charge is 2.16. The van der Waals surface area contributed by atoms with E-state index in [1.807, 2.05) is 38.1 Å². The number of halogens is 1. The molecule has 1 aromatic heterocycles. The van der Waals surface area contributed by atoms with Gasteiger partial charge in [-0.05, 0) is 36.4 Å². The number of hydrogen-bond acceptors (Lipinski definition) is 7. The number of rotatable bonds is 8. The summed E-state index contributed by atoms with van der Waals surface area (Å²) in [7, 11) is 3.05. The maximum absolute atomic E-state index is 13.3. The molecule has 0 aliphatic carbocycles. The van der Waals surface area contributed by atoms with Crippen molar-refractivity contribution in [3.63, 3.8) is 0 Å². The second-order valence-electron chi connectivity index (χ2n) is 8.46. The number of nitrogens with zero attached hydrogens (tertiary/aromatic N) is 4. The van der Waals surface area contributed by atoms with E-state index in [0.29, 0.717) is 45.1 Å². The zero-order valence-corrected chi connectivity index (χ0v) is 22.4. The maximum Gasteiger partial charge on any atom is 0.282 e. The smallest absolute Gasteiger partial charge is 0.282 e. The van der Waals surface area contributed by atoms with Gasteiger partial charge in [0.2, 0.25) is 5.75 Å². The quantitative estimate of drug-likeness (QED) is 0.259. The lowest BCUT2D eigenvalue weighted by atomic mass is 10.1. The highest BCUT2D eigenvalue weighted by atomic mass is 79.9. The van der Waals surface area contributed by atoms with E-state index in [1.54, 1.807) is 36.5 Å². The van der Waals surface area contributed by atoms with Gasteiger partial charge in [0, 0.05) is 21.5 Å². The first-order valence-corrected chi connectivity index (χ1v) is 12.3. The van der Waals surface area contributed by atoms with Crippen molar-refractivity contribution in [3.05, 3.63) is 91.9 Å². The molecular formula is C28H25BrN4O4. The minimum absolute atomic E-state index is 0.0333. The van der Waals surface area contributed by atoms with E-state index in [-0.39, 0.29) is 18.1 Å². The summed E-state index contributed by atoms with van der Waals surface area (Å²) in [5.74, 6) is 1.76. The third kappa shape index (κ3) is 5.49. The molecule has 0 N–H and O–H groups in total. The first kappa shape index (κ1) is 25.9. The van der Waals surface area contributed by atoms with Crippen LogP contribution >= 0.6 is 15.9 Å². The first-order valence-electron chi connectivity index (χ1n) is 11.5. The minimum atomic E-state index is -0.263. The predicted octanol–water partition coefficient (Wildman–Crippen LogP) is 5.63. The standard InChI is InChI=1S/C28H25BrN4O4/c1-17(2)27-32-23-10-9-21(29)13-22(23)28(34)33(27)31-15-18-11-24(35-3)26(25(12-18)36-4)37-16-20-8-6-5-7-19(20)14-30/h5-13,15,17H,16H2,1-4H3. The van der Waals surface area contributed by atoms with E-state index in [4.69, 9.17) is 14.2 Å². The average molecular weight is 561 g/mol. The van der Waals surface area contributed by atoms with Gasteiger partial charge in [-0.25, -0.2) is 4.98 Å². The van der Waals surface area contributed by atoms with E-state index < -0.39 is 0 Å². The molecule has 0 spiro atoms. The van der Waals surface area contributed by atoms with Crippen LogP contribution in [-0.2, 0) is 6.61 Å². The number of benzene rings is 3. The largest absolute Gasteiger partial charge is 0.493 e. The van der Waals surface area contributed by atoms with E-state index >= 15 is 0 Å². The normalized spacial score (nSPS) is 11.2. The van der Waals surface area contributed by atoms with E-state index in [1.165, 1.54) is 18.9 Å². The number of fused-ring (bicyclic) bond motifs is 1. The van der Waals surface area contributed by atoms with Crippen molar-refractivity contribution >= 4 is 33.0 Å². The number of nitriles is 1. The second-order valence-corrected chi connectivity index (χ2v) is 9.38. The van der Waals surface area contributed by atoms with Crippen molar-refractivity contribution in [1.29, 1.82) is 5.26 Å². The van der Waals surface area contributed by atoms with Gasteiger partial charge in [0.05, 0.1) is 43.0 Å². The summed E-state index contributed by atoms with van der Waals surface area (Å²) >= 11 is 3.42. The lowest BCUT2D eigenvalue weighted by molar-refractivity contribution is 0.265. The third-order valence-electron chi connectivity index (χ3n) is 5.66. The fourth-order valence-corrected chi connectivity index (χ4v) is 4.16. The van der Waals surface area contributed by atoms with Crippen molar-refractivity contribution in [1.82, 2.24) is 9.66 Å². The van der Waals surface area contributed by atoms with Crippen LogP contribution in [0.5, 0.6) is 17.2 Å². The monoisotopic (exact) mass is 560 g/mol. The van der Waals surface area contributed by atoms with Crippen LogP contribution in [0.2, 0.25) is 0 Å². The van der Waals surface area contributed by atoms with E-state index in [2.05, 4.69) is 32.1 Å². The van der Waals surface area contributed by atoms with Crippen LogP contribution in [0.1, 0.15) is 42.3 Å². The summed E-state index contributed by atoms with van der Waals surface area (Å²) in [6.45, 7) is 4.08. The molecule has 4 rings (SSSR count). The molecule has 0 amide bonds. The summed E-state index contributed by atoms with van der Waals surface area (Å²) < 4.78 is 19.2. The van der Waals surface area contributed by atoms with Gasteiger partial charge in [-0.2, -0.15) is 15.0 Å². The average Bonchev–Trinajstić information content (AvgIpc) is 2.91. The fraction of sp³-hybridized carbons (Fsp3) is 0.214. The van der Waals surface area contributed by atoms with Crippen molar-refractivity contribution in [2.75, 3.05) is 14.2 Å². The molecule has 0 aliphatic rings. The molecule has 0 aliphatic heterocycles. The Balaban J connectivity index is 1.72. The van der Waals surface area contributed by atoms with Crippen LogP contribution in [-0.4, -0.2) is 30.1 Å². The molecule has 9 heteroatoms. The van der Waals surface area contributed by atoms with Crippen molar-refractivity contribution < 1.29 is 14.2 Å². The molecule has 0 saturated carbocycles. The second kappa shape index (κ2) is 11.3. The lowest BCUT2D eigenvalue weighted by Gasteiger charge is -2.16. The Morgan fingerprint density at radius 3 is 2.46 bits per heavy atom. The Labute approximate surface area is 222 Å².